The molecule has 7 nitrogen and oxygen atoms in total. The molecule has 0 unspecified atom stereocenters. The fourth-order valence-electron chi connectivity index (χ4n) is 3.27. The number of anilines is 1. The lowest BCUT2D eigenvalue weighted by Gasteiger charge is -2.34. The monoisotopic (exact) mass is 414 g/mol. The number of para-hydroxylation sites is 1. The summed E-state index contributed by atoms with van der Waals surface area (Å²) in [7, 11) is -3.90. The van der Waals surface area contributed by atoms with Gasteiger partial charge in [-0.15, -0.1) is 5.10 Å². The molecule has 1 aromatic heterocycles. The molecule has 2 aromatic carbocycles. The SMILES string of the molecule is O=c1ccc(N2CCN(S(=O)(=O)c3ccccc3F)CC2)nn1-c1ccccc1. The molecule has 150 valence electrons. The summed E-state index contributed by atoms with van der Waals surface area (Å²) in [5.74, 6) is -0.178. The van der Waals surface area contributed by atoms with E-state index in [0.717, 1.165) is 6.07 Å². The molecule has 29 heavy (non-hydrogen) atoms. The lowest BCUT2D eigenvalue weighted by atomic mass is 10.3. The second-order valence-electron chi connectivity index (χ2n) is 6.60. The summed E-state index contributed by atoms with van der Waals surface area (Å²) >= 11 is 0. The van der Waals surface area contributed by atoms with E-state index < -0.39 is 15.8 Å². The van der Waals surface area contributed by atoms with Gasteiger partial charge in [0.2, 0.25) is 10.0 Å². The van der Waals surface area contributed by atoms with Crippen molar-refractivity contribution in [2.45, 2.75) is 4.90 Å². The van der Waals surface area contributed by atoms with E-state index >= 15 is 0 Å². The Hall–Kier alpha value is -3.04. The van der Waals surface area contributed by atoms with Gasteiger partial charge >= 0.3 is 0 Å². The maximum absolute atomic E-state index is 14.0. The first kappa shape index (κ1) is 19.3. The van der Waals surface area contributed by atoms with Gasteiger partial charge in [-0.1, -0.05) is 30.3 Å². The molecule has 9 heteroatoms. The van der Waals surface area contributed by atoms with Crippen molar-refractivity contribution in [3.05, 3.63) is 82.9 Å². The fourth-order valence-corrected chi connectivity index (χ4v) is 4.76. The third-order valence-corrected chi connectivity index (χ3v) is 6.74. The first-order valence-corrected chi connectivity index (χ1v) is 10.6. The first-order valence-electron chi connectivity index (χ1n) is 9.12. The largest absolute Gasteiger partial charge is 0.353 e. The van der Waals surface area contributed by atoms with Gasteiger partial charge in [0.15, 0.2) is 0 Å². The third-order valence-electron chi connectivity index (χ3n) is 4.80. The molecule has 1 aliphatic heterocycles. The van der Waals surface area contributed by atoms with E-state index in [9.17, 15) is 17.6 Å². The Morgan fingerprint density at radius 3 is 2.17 bits per heavy atom. The third kappa shape index (κ3) is 3.79. The standard InChI is InChI=1S/C20H19FN4O3S/c21-17-8-4-5-9-18(17)29(27,28)24-14-12-23(13-15-24)19-10-11-20(26)25(22-19)16-6-2-1-3-7-16/h1-11H,12-15H2. The van der Waals surface area contributed by atoms with Crippen LogP contribution in [0.15, 0.2) is 76.4 Å². The van der Waals surface area contributed by atoms with Crippen LogP contribution in [-0.2, 0) is 10.0 Å². The van der Waals surface area contributed by atoms with E-state index in [2.05, 4.69) is 5.10 Å². The molecule has 0 radical (unpaired) electrons. The molecular formula is C20H19FN4O3S. The zero-order valence-corrected chi connectivity index (χ0v) is 16.3. The van der Waals surface area contributed by atoms with Gasteiger partial charge in [-0.25, -0.2) is 12.8 Å². The minimum Gasteiger partial charge on any atom is -0.353 e. The van der Waals surface area contributed by atoms with E-state index in [4.69, 9.17) is 0 Å². The van der Waals surface area contributed by atoms with E-state index in [1.54, 1.807) is 18.2 Å². The van der Waals surface area contributed by atoms with Gasteiger partial charge in [-0.2, -0.15) is 8.99 Å². The van der Waals surface area contributed by atoms with Gasteiger partial charge in [-0.05, 0) is 30.3 Å². The second kappa shape index (κ2) is 7.76. The summed E-state index contributed by atoms with van der Waals surface area (Å²) in [6, 6.07) is 17.5. The number of rotatable bonds is 4. The number of hydrogen-bond donors (Lipinski definition) is 0. The van der Waals surface area contributed by atoms with Gasteiger partial charge < -0.3 is 4.90 Å². The van der Waals surface area contributed by atoms with Crippen LogP contribution in [0.2, 0.25) is 0 Å². The van der Waals surface area contributed by atoms with Crippen LogP contribution in [0.5, 0.6) is 0 Å². The Morgan fingerprint density at radius 2 is 1.48 bits per heavy atom. The van der Waals surface area contributed by atoms with Crippen molar-refractivity contribution >= 4 is 15.8 Å². The highest BCUT2D eigenvalue weighted by Gasteiger charge is 2.30. The van der Waals surface area contributed by atoms with Gasteiger partial charge in [-0.3, -0.25) is 4.79 Å². The molecule has 0 aliphatic carbocycles. The molecule has 0 saturated carbocycles. The van der Waals surface area contributed by atoms with Crippen LogP contribution in [0, 0.1) is 5.82 Å². The molecular weight excluding hydrogens is 395 g/mol. The number of aromatic nitrogens is 2. The molecule has 3 aromatic rings. The molecule has 0 atom stereocenters. The predicted octanol–water partition coefficient (Wildman–Crippen LogP) is 1.88. The van der Waals surface area contributed by atoms with E-state index in [1.165, 1.54) is 33.3 Å². The summed E-state index contributed by atoms with van der Waals surface area (Å²) in [6.07, 6.45) is 0. The second-order valence-corrected chi connectivity index (χ2v) is 8.51. The molecule has 1 fully saturated rings. The Balaban J connectivity index is 1.53. The molecule has 1 aliphatic rings. The average molecular weight is 414 g/mol. The van der Waals surface area contributed by atoms with Crippen LogP contribution in [0.25, 0.3) is 5.69 Å². The van der Waals surface area contributed by atoms with Gasteiger partial charge in [0, 0.05) is 32.2 Å². The lowest BCUT2D eigenvalue weighted by Crippen LogP contribution is -2.49. The highest BCUT2D eigenvalue weighted by Crippen LogP contribution is 2.22. The normalized spacial score (nSPS) is 15.4. The molecule has 0 spiro atoms. The molecule has 4 rings (SSSR count). The molecule has 0 N–H and O–H groups in total. The van der Waals surface area contributed by atoms with Crippen molar-refractivity contribution in [1.29, 1.82) is 0 Å². The van der Waals surface area contributed by atoms with E-state index in [0.29, 0.717) is 24.6 Å². The Morgan fingerprint density at radius 1 is 0.828 bits per heavy atom. The van der Waals surface area contributed by atoms with Crippen molar-refractivity contribution in [1.82, 2.24) is 14.1 Å². The summed E-state index contributed by atoms with van der Waals surface area (Å²) in [5.41, 5.74) is 0.404. The van der Waals surface area contributed by atoms with E-state index in [-0.39, 0.29) is 23.5 Å². The van der Waals surface area contributed by atoms with Crippen molar-refractivity contribution in [3.63, 3.8) is 0 Å². The van der Waals surface area contributed by atoms with Crippen LogP contribution in [-0.4, -0.2) is 48.7 Å². The highest BCUT2D eigenvalue weighted by atomic mass is 32.2. The smallest absolute Gasteiger partial charge is 0.271 e. The number of hydrogen-bond acceptors (Lipinski definition) is 5. The van der Waals surface area contributed by atoms with Crippen LogP contribution in [0.1, 0.15) is 0 Å². The Labute approximate surface area is 167 Å². The fraction of sp³-hybridized carbons (Fsp3) is 0.200. The highest BCUT2D eigenvalue weighted by molar-refractivity contribution is 7.89. The predicted molar refractivity (Wildman–Crippen MR) is 107 cm³/mol. The Bertz CT molecular complexity index is 1170. The number of benzene rings is 2. The van der Waals surface area contributed by atoms with Gasteiger partial charge in [0.05, 0.1) is 5.69 Å². The van der Waals surface area contributed by atoms with Crippen LogP contribution in [0.4, 0.5) is 10.2 Å². The minimum absolute atomic E-state index is 0.197. The van der Waals surface area contributed by atoms with E-state index in [1.807, 2.05) is 23.1 Å². The summed E-state index contributed by atoms with van der Waals surface area (Å²) in [6.45, 7) is 1.16. The first-order chi connectivity index (χ1) is 14.0. The average Bonchev–Trinajstić information content (AvgIpc) is 2.75. The number of piperazine rings is 1. The molecule has 0 amide bonds. The van der Waals surface area contributed by atoms with Crippen molar-refractivity contribution in [2.75, 3.05) is 31.1 Å². The summed E-state index contributed by atoms with van der Waals surface area (Å²) in [4.78, 5) is 13.8. The van der Waals surface area contributed by atoms with Crippen LogP contribution in [0.3, 0.4) is 0 Å². The minimum atomic E-state index is -3.90. The zero-order valence-electron chi connectivity index (χ0n) is 15.5. The topological polar surface area (TPSA) is 75.5 Å². The number of halogens is 1. The maximum Gasteiger partial charge on any atom is 0.271 e. The molecule has 2 heterocycles. The summed E-state index contributed by atoms with van der Waals surface area (Å²) < 4.78 is 42.0. The summed E-state index contributed by atoms with van der Waals surface area (Å²) in [5, 5.41) is 4.43. The maximum atomic E-state index is 14.0. The molecule has 1 saturated heterocycles. The Kier molecular flexibility index (Phi) is 5.16. The zero-order chi connectivity index (χ0) is 20.4. The van der Waals surface area contributed by atoms with Gasteiger partial charge in [0.1, 0.15) is 16.5 Å². The van der Waals surface area contributed by atoms with Crippen molar-refractivity contribution in [2.24, 2.45) is 0 Å². The number of nitrogens with zero attached hydrogens (tertiary/aromatic N) is 4. The van der Waals surface area contributed by atoms with Crippen molar-refractivity contribution in [3.8, 4) is 5.69 Å². The molecule has 0 bridgehead atoms. The van der Waals surface area contributed by atoms with Crippen LogP contribution < -0.4 is 10.5 Å². The lowest BCUT2D eigenvalue weighted by molar-refractivity contribution is 0.380. The van der Waals surface area contributed by atoms with Crippen LogP contribution >= 0.6 is 0 Å². The van der Waals surface area contributed by atoms with Crippen molar-refractivity contribution < 1.29 is 12.8 Å². The van der Waals surface area contributed by atoms with Gasteiger partial charge in [0.25, 0.3) is 5.56 Å². The quantitative estimate of drug-likeness (QED) is 0.652. The number of sulfonamides is 1.